The largest absolute Gasteiger partial charge is 0.494 e. The smallest absolute Gasteiger partial charge is 0.290 e. The van der Waals surface area contributed by atoms with Gasteiger partial charge in [-0.05, 0) is 30.2 Å². The van der Waals surface area contributed by atoms with Crippen LogP contribution in [0.15, 0.2) is 54.9 Å². The van der Waals surface area contributed by atoms with Crippen molar-refractivity contribution in [2.75, 3.05) is 14.2 Å². The third kappa shape index (κ3) is 5.17. The average molecular weight is 386 g/mol. The van der Waals surface area contributed by atoms with Crippen molar-refractivity contribution in [3.8, 4) is 28.3 Å². The summed E-state index contributed by atoms with van der Waals surface area (Å²) in [5, 5.41) is 6.89. The maximum atomic E-state index is 13.9. The normalized spacial score (nSPS) is 11.3. The third-order valence-corrected chi connectivity index (χ3v) is 4.20. The van der Waals surface area contributed by atoms with Gasteiger partial charge in [-0.15, -0.1) is 0 Å². The lowest BCUT2D eigenvalue weighted by atomic mass is 10.0. The van der Waals surface area contributed by atoms with Crippen LogP contribution in [0.1, 0.15) is 6.92 Å². The summed E-state index contributed by atoms with van der Waals surface area (Å²) in [5.41, 5.74) is 2.75. The Morgan fingerprint density at radius 3 is 2.32 bits per heavy atom. The zero-order chi connectivity index (χ0) is 20.5. The second kappa shape index (κ2) is 10.2. The number of aromatic nitrogens is 2. The molecule has 1 atom stereocenters. The van der Waals surface area contributed by atoms with Crippen LogP contribution < -0.4 is 4.74 Å². The molecule has 0 spiro atoms. The van der Waals surface area contributed by atoms with Crippen molar-refractivity contribution in [1.82, 2.24) is 9.55 Å². The van der Waals surface area contributed by atoms with Crippen LogP contribution in [0.25, 0.3) is 22.5 Å². The van der Waals surface area contributed by atoms with Crippen LogP contribution in [-0.4, -0.2) is 41.5 Å². The van der Waals surface area contributed by atoms with Gasteiger partial charge in [0.1, 0.15) is 5.82 Å². The number of carboxylic acid groups (broad SMARTS) is 1. The van der Waals surface area contributed by atoms with Gasteiger partial charge in [0.2, 0.25) is 0 Å². The summed E-state index contributed by atoms with van der Waals surface area (Å²) in [6.45, 7) is 2.50. The highest BCUT2D eigenvalue weighted by Gasteiger charge is 2.10. The fourth-order valence-corrected chi connectivity index (χ4v) is 2.73. The lowest BCUT2D eigenvalue weighted by molar-refractivity contribution is -0.122. The Labute approximate surface area is 163 Å². The fourth-order valence-electron chi connectivity index (χ4n) is 2.73. The molecule has 0 saturated heterocycles. The molecule has 0 bridgehead atoms. The maximum absolute atomic E-state index is 13.9. The van der Waals surface area contributed by atoms with Crippen molar-refractivity contribution in [2.45, 2.75) is 19.6 Å². The SMILES string of the molecule is COc1ccc(-c2ccc(-c3nccn3CC(C)OC)cc2)cc1F.O=CO. The quantitative estimate of drug-likeness (QED) is 0.646. The van der Waals surface area contributed by atoms with Crippen LogP contribution in [0.2, 0.25) is 0 Å². The van der Waals surface area contributed by atoms with E-state index in [1.165, 1.54) is 13.2 Å². The van der Waals surface area contributed by atoms with Gasteiger partial charge in [-0.2, -0.15) is 0 Å². The second-order valence-corrected chi connectivity index (χ2v) is 5.98. The predicted octanol–water partition coefficient (Wildman–Crippen LogP) is 4.10. The number of methoxy groups -OCH3 is 2. The first-order valence-electron chi connectivity index (χ1n) is 8.60. The first-order valence-corrected chi connectivity index (χ1v) is 8.60. The summed E-state index contributed by atoms with van der Waals surface area (Å²) >= 11 is 0. The van der Waals surface area contributed by atoms with Crippen molar-refractivity contribution >= 4 is 6.47 Å². The highest BCUT2D eigenvalue weighted by atomic mass is 19.1. The number of benzene rings is 2. The fraction of sp³-hybridized carbons (Fsp3) is 0.238. The van der Waals surface area contributed by atoms with Crippen molar-refractivity contribution in [1.29, 1.82) is 0 Å². The van der Waals surface area contributed by atoms with E-state index < -0.39 is 0 Å². The Morgan fingerprint density at radius 1 is 1.14 bits per heavy atom. The predicted molar refractivity (Wildman–Crippen MR) is 105 cm³/mol. The minimum atomic E-state index is -0.367. The highest BCUT2D eigenvalue weighted by molar-refractivity contribution is 5.68. The number of carbonyl (C=O) groups is 1. The summed E-state index contributed by atoms with van der Waals surface area (Å²) in [4.78, 5) is 12.8. The molecule has 7 heteroatoms. The van der Waals surface area contributed by atoms with E-state index in [9.17, 15) is 4.39 Å². The molecule has 3 aromatic rings. The first kappa shape index (κ1) is 21.1. The molecule has 148 valence electrons. The zero-order valence-electron chi connectivity index (χ0n) is 16.0. The van der Waals surface area contributed by atoms with Crippen LogP contribution in [0.4, 0.5) is 4.39 Å². The number of halogens is 1. The maximum Gasteiger partial charge on any atom is 0.290 e. The molecule has 0 radical (unpaired) electrons. The molecule has 28 heavy (non-hydrogen) atoms. The summed E-state index contributed by atoms with van der Waals surface area (Å²) in [5.74, 6) is 0.763. The van der Waals surface area contributed by atoms with Gasteiger partial charge >= 0.3 is 0 Å². The van der Waals surface area contributed by atoms with Crippen molar-refractivity contribution in [3.63, 3.8) is 0 Å². The van der Waals surface area contributed by atoms with E-state index in [4.69, 9.17) is 19.4 Å². The number of nitrogens with zero attached hydrogens (tertiary/aromatic N) is 2. The van der Waals surface area contributed by atoms with Crippen molar-refractivity contribution in [2.24, 2.45) is 0 Å². The number of rotatable bonds is 6. The molecule has 0 fully saturated rings. The lowest BCUT2D eigenvalue weighted by Gasteiger charge is -2.13. The molecule has 6 nitrogen and oxygen atoms in total. The van der Waals surface area contributed by atoms with Gasteiger partial charge in [-0.3, -0.25) is 4.79 Å². The summed E-state index contributed by atoms with van der Waals surface area (Å²) < 4.78 is 26.3. The summed E-state index contributed by atoms with van der Waals surface area (Å²) in [6, 6.07) is 12.9. The number of ether oxygens (including phenoxy) is 2. The molecule has 0 amide bonds. The van der Waals surface area contributed by atoms with Crippen LogP contribution in [0.3, 0.4) is 0 Å². The van der Waals surface area contributed by atoms with E-state index in [0.29, 0.717) is 0 Å². The average Bonchev–Trinajstić information content (AvgIpc) is 3.16. The Bertz CT molecular complexity index is 894. The molecule has 0 aliphatic heterocycles. The van der Waals surface area contributed by atoms with E-state index in [1.807, 2.05) is 43.5 Å². The number of imidazole rings is 1. The summed E-state index contributed by atoms with van der Waals surface area (Å²) in [7, 11) is 3.16. The van der Waals surface area contributed by atoms with Crippen LogP contribution >= 0.6 is 0 Å². The van der Waals surface area contributed by atoms with Gasteiger partial charge in [0.15, 0.2) is 11.6 Å². The van der Waals surface area contributed by atoms with E-state index >= 15 is 0 Å². The molecule has 2 aromatic carbocycles. The van der Waals surface area contributed by atoms with Crippen LogP contribution in [0, 0.1) is 5.82 Å². The number of hydrogen-bond donors (Lipinski definition) is 1. The molecule has 1 heterocycles. The highest BCUT2D eigenvalue weighted by Crippen LogP contribution is 2.27. The first-order chi connectivity index (χ1) is 13.5. The monoisotopic (exact) mass is 386 g/mol. The summed E-state index contributed by atoms with van der Waals surface area (Å²) in [6.07, 6.45) is 3.83. The van der Waals surface area contributed by atoms with Gasteiger partial charge in [0.25, 0.3) is 6.47 Å². The molecule has 0 saturated carbocycles. The lowest BCUT2D eigenvalue weighted by Crippen LogP contribution is -2.14. The van der Waals surface area contributed by atoms with E-state index in [0.717, 1.165) is 29.1 Å². The van der Waals surface area contributed by atoms with E-state index in [1.54, 1.807) is 19.4 Å². The molecular weight excluding hydrogens is 363 g/mol. The Morgan fingerprint density at radius 2 is 1.75 bits per heavy atom. The van der Waals surface area contributed by atoms with Gasteiger partial charge < -0.3 is 19.1 Å². The Hall–Kier alpha value is -3.19. The Kier molecular flexibility index (Phi) is 7.71. The molecule has 1 unspecified atom stereocenters. The molecule has 0 aliphatic carbocycles. The molecule has 3 rings (SSSR count). The van der Waals surface area contributed by atoms with Gasteiger partial charge in [-0.25, -0.2) is 9.37 Å². The number of hydrogen-bond acceptors (Lipinski definition) is 4. The van der Waals surface area contributed by atoms with Crippen LogP contribution in [-0.2, 0) is 16.1 Å². The molecular formula is C21H23FN2O4. The van der Waals surface area contributed by atoms with Gasteiger partial charge in [-0.1, -0.05) is 30.3 Å². The zero-order valence-corrected chi connectivity index (χ0v) is 16.0. The minimum absolute atomic E-state index is 0.106. The van der Waals surface area contributed by atoms with Crippen molar-refractivity contribution in [3.05, 3.63) is 60.7 Å². The van der Waals surface area contributed by atoms with Gasteiger partial charge in [0, 0.05) is 25.1 Å². The van der Waals surface area contributed by atoms with E-state index in [-0.39, 0.29) is 24.1 Å². The standard InChI is InChI=1S/C20H21FN2O2.CH2O2/c1-14(24-2)13-23-11-10-22-20(23)16-6-4-15(5-7-16)17-8-9-19(25-3)18(21)12-17;2-1-3/h4-12,14H,13H2,1-3H3;1H,(H,2,3). The Balaban J connectivity index is 0.000000878. The third-order valence-electron chi connectivity index (χ3n) is 4.20. The van der Waals surface area contributed by atoms with Crippen LogP contribution in [0.5, 0.6) is 5.75 Å². The van der Waals surface area contributed by atoms with E-state index in [2.05, 4.69) is 9.55 Å². The molecule has 0 aliphatic rings. The topological polar surface area (TPSA) is 73.6 Å². The molecule has 1 aromatic heterocycles. The van der Waals surface area contributed by atoms with Gasteiger partial charge in [0.05, 0.1) is 19.8 Å². The minimum Gasteiger partial charge on any atom is -0.494 e. The molecule has 1 N–H and O–H groups in total. The second-order valence-electron chi connectivity index (χ2n) is 5.98. The van der Waals surface area contributed by atoms with Crippen molar-refractivity contribution < 1.29 is 23.8 Å².